The van der Waals surface area contributed by atoms with Crippen LogP contribution in [-0.2, 0) is 9.84 Å². The molecular formula is C20H19F3N2O4S. The number of imidazole rings is 1. The summed E-state index contributed by atoms with van der Waals surface area (Å²) in [7, 11) is -3.71. The second-order valence-corrected chi connectivity index (χ2v) is 9.09. The maximum absolute atomic E-state index is 13.2. The molecule has 1 unspecified atom stereocenters. The molecule has 10 heteroatoms. The van der Waals surface area contributed by atoms with Gasteiger partial charge in [0.15, 0.2) is 15.9 Å². The van der Waals surface area contributed by atoms with Gasteiger partial charge in [-0.05, 0) is 62.2 Å². The number of alkyl halides is 3. The predicted molar refractivity (Wildman–Crippen MR) is 105 cm³/mol. The molecule has 0 radical (unpaired) electrons. The molecule has 0 aliphatic heterocycles. The second kappa shape index (κ2) is 7.42. The predicted octanol–water partition coefficient (Wildman–Crippen LogP) is 4.07. The van der Waals surface area contributed by atoms with Crippen LogP contribution >= 0.6 is 0 Å². The molecule has 1 heterocycles. The lowest BCUT2D eigenvalue weighted by Gasteiger charge is -2.20. The molecule has 0 spiro atoms. The SMILES string of the molecule is Cc1cc2ncn(C(=O)c3cc(S(C)(=O)=O)ccc3OC(C)C(F)(F)F)c2cc1C. The molecule has 0 saturated heterocycles. The Bertz CT molecular complexity index is 1250. The number of hydrogen-bond acceptors (Lipinski definition) is 5. The van der Waals surface area contributed by atoms with Gasteiger partial charge in [-0.3, -0.25) is 9.36 Å². The van der Waals surface area contributed by atoms with Gasteiger partial charge in [-0.25, -0.2) is 13.4 Å². The number of benzene rings is 2. The summed E-state index contributed by atoms with van der Waals surface area (Å²) in [5.41, 5.74) is 2.51. The number of carbonyl (C=O) groups is 1. The minimum absolute atomic E-state index is 0.214. The van der Waals surface area contributed by atoms with Crippen LogP contribution in [0.4, 0.5) is 13.2 Å². The summed E-state index contributed by atoms with van der Waals surface area (Å²) in [6.07, 6.45) is -4.67. The maximum Gasteiger partial charge on any atom is 0.425 e. The highest BCUT2D eigenvalue weighted by Gasteiger charge is 2.38. The van der Waals surface area contributed by atoms with E-state index < -0.39 is 28.0 Å². The van der Waals surface area contributed by atoms with E-state index in [0.29, 0.717) is 11.0 Å². The third-order valence-electron chi connectivity index (χ3n) is 4.76. The quantitative estimate of drug-likeness (QED) is 0.611. The lowest BCUT2D eigenvalue weighted by molar-refractivity contribution is -0.189. The first-order chi connectivity index (χ1) is 13.8. The molecule has 6 nitrogen and oxygen atoms in total. The van der Waals surface area contributed by atoms with E-state index >= 15 is 0 Å². The van der Waals surface area contributed by atoms with E-state index in [2.05, 4.69) is 4.98 Å². The Morgan fingerprint density at radius 2 is 1.77 bits per heavy atom. The Kier molecular flexibility index (Phi) is 5.40. The minimum Gasteiger partial charge on any atom is -0.480 e. The Hall–Kier alpha value is -2.88. The van der Waals surface area contributed by atoms with Crippen molar-refractivity contribution < 1.29 is 31.1 Å². The van der Waals surface area contributed by atoms with Gasteiger partial charge in [0, 0.05) is 6.26 Å². The summed E-state index contributed by atoms with van der Waals surface area (Å²) in [4.78, 5) is 17.2. The number of nitrogens with zero attached hydrogens (tertiary/aromatic N) is 2. The standard InChI is InChI=1S/C20H19F3N2O4S/c1-11-7-16-17(8-12(11)2)25(10-24-16)19(26)15-9-14(30(4,27)28)5-6-18(15)29-13(3)20(21,22)23/h5-10,13H,1-4H3. The molecule has 30 heavy (non-hydrogen) atoms. The summed E-state index contributed by atoms with van der Waals surface area (Å²) in [5, 5.41) is 0. The highest BCUT2D eigenvalue weighted by Crippen LogP contribution is 2.30. The summed E-state index contributed by atoms with van der Waals surface area (Å²) in [6.45, 7) is 4.54. The van der Waals surface area contributed by atoms with Crippen molar-refractivity contribution in [1.29, 1.82) is 0 Å². The molecule has 0 aliphatic rings. The van der Waals surface area contributed by atoms with Crippen molar-refractivity contribution in [2.75, 3.05) is 6.26 Å². The highest BCUT2D eigenvalue weighted by atomic mass is 32.2. The number of fused-ring (bicyclic) bond motifs is 1. The number of rotatable bonds is 4. The zero-order chi connectivity index (χ0) is 22.4. The van der Waals surface area contributed by atoms with Crippen LogP contribution in [0.2, 0.25) is 0 Å². The Morgan fingerprint density at radius 1 is 1.13 bits per heavy atom. The average Bonchev–Trinajstić information content (AvgIpc) is 3.02. The number of sulfone groups is 1. The fourth-order valence-electron chi connectivity index (χ4n) is 2.82. The van der Waals surface area contributed by atoms with Crippen LogP contribution in [-0.4, -0.2) is 42.4 Å². The van der Waals surface area contributed by atoms with E-state index in [1.165, 1.54) is 6.33 Å². The van der Waals surface area contributed by atoms with Gasteiger partial charge in [-0.15, -0.1) is 0 Å². The number of halogens is 3. The highest BCUT2D eigenvalue weighted by molar-refractivity contribution is 7.90. The lowest BCUT2D eigenvalue weighted by Crippen LogP contribution is -2.32. The molecule has 0 saturated carbocycles. The van der Waals surface area contributed by atoms with Gasteiger partial charge in [-0.2, -0.15) is 13.2 Å². The summed E-state index contributed by atoms with van der Waals surface area (Å²) >= 11 is 0. The fourth-order valence-corrected chi connectivity index (χ4v) is 3.47. The molecule has 1 aromatic heterocycles. The summed E-state index contributed by atoms with van der Waals surface area (Å²) in [5.74, 6) is -1.13. The zero-order valence-electron chi connectivity index (χ0n) is 16.6. The smallest absolute Gasteiger partial charge is 0.425 e. The molecule has 0 bridgehead atoms. The van der Waals surface area contributed by atoms with Gasteiger partial charge in [0.2, 0.25) is 0 Å². The van der Waals surface area contributed by atoms with Crippen LogP contribution in [0.1, 0.15) is 28.4 Å². The molecule has 3 aromatic rings. The van der Waals surface area contributed by atoms with Crippen LogP contribution in [0.25, 0.3) is 11.0 Å². The molecule has 2 aromatic carbocycles. The number of carbonyl (C=O) groups excluding carboxylic acids is 1. The summed E-state index contributed by atoms with van der Waals surface area (Å²) < 4.78 is 68.9. The second-order valence-electron chi connectivity index (χ2n) is 7.08. The van der Waals surface area contributed by atoms with Gasteiger partial charge in [0.05, 0.1) is 21.5 Å². The van der Waals surface area contributed by atoms with E-state index in [1.54, 1.807) is 12.1 Å². The first-order valence-electron chi connectivity index (χ1n) is 8.85. The van der Waals surface area contributed by atoms with Crippen LogP contribution in [0.5, 0.6) is 5.75 Å². The topological polar surface area (TPSA) is 78.3 Å². The first-order valence-corrected chi connectivity index (χ1v) is 10.7. The van der Waals surface area contributed by atoms with E-state index in [9.17, 15) is 26.4 Å². The first kappa shape index (κ1) is 21.8. The number of aryl methyl sites for hydroxylation is 2. The number of ether oxygens (including phenoxy) is 1. The average molecular weight is 440 g/mol. The number of hydrogen-bond donors (Lipinski definition) is 0. The molecule has 0 N–H and O–H groups in total. The maximum atomic E-state index is 13.2. The van der Waals surface area contributed by atoms with E-state index in [-0.39, 0.29) is 16.2 Å². The van der Waals surface area contributed by atoms with Gasteiger partial charge >= 0.3 is 6.18 Å². The van der Waals surface area contributed by atoms with Crippen molar-refractivity contribution in [3.63, 3.8) is 0 Å². The van der Waals surface area contributed by atoms with Gasteiger partial charge in [0.25, 0.3) is 5.91 Å². The third-order valence-corrected chi connectivity index (χ3v) is 5.87. The minimum atomic E-state index is -4.66. The molecule has 0 fully saturated rings. The van der Waals surface area contributed by atoms with Crippen molar-refractivity contribution in [1.82, 2.24) is 9.55 Å². The van der Waals surface area contributed by atoms with E-state index in [1.807, 2.05) is 13.8 Å². The zero-order valence-corrected chi connectivity index (χ0v) is 17.4. The molecule has 1 atom stereocenters. The van der Waals surface area contributed by atoms with Gasteiger partial charge < -0.3 is 4.74 Å². The Balaban J connectivity index is 2.17. The van der Waals surface area contributed by atoms with Crippen molar-refractivity contribution in [3.8, 4) is 5.75 Å². The third kappa shape index (κ3) is 4.18. The monoisotopic (exact) mass is 440 g/mol. The fraction of sp³-hybridized carbons (Fsp3) is 0.300. The van der Waals surface area contributed by atoms with Crippen molar-refractivity contribution >= 4 is 26.8 Å². The molecule has 3 rings (SSSR count). The van der Waals surface area contributed by atoms with Crippen LogP contribution < -0.4 is 4.74 Å². The van der Waals surface area contributed by atoms with Crippen LogP contribution in [0.3, 0.4) is 0 Å². The van der Waals surface area contributed by atoms with Crippen molar-refractivity contribution in [2.45, 2.75) is 37.9 Å². The molecule has 0 amide bonds. The number of aromatic nitrogens is 2. The Morgan fingerprint density at radius 3 is 2.37 bits per heavy atom. The van der Waals surface area contributed by atoms with Gasteiger partial charge in [-0.1, -0.05) is 0 Å². The Labute approximate surface area is 171 Å². The largest absolute Gasteiger partial charge is 0.480 e. The van der Waals surface area contributed by atoms with Crippen molar-refractivity contribution in [2.24, 2.45) is 0 Å². The molecule has 160 valence electrons. The van der Waals surface area contributed by atoms with Crippen molar-refractivity contribution in [3.05, 3.63) is 53.3 Å². The molecular weight excluding hydrogens is 421 g/mol. The molecule has 0 aliphatic carbocycles. The van der Waals surface area contributed by atoms with E-state index in [4.69, 9.17) is 4.74 Å². The normalized spacial score (nSPS) is 13.4. The summed E-state index contributed by atoms with van der Waals surface area (Å²) in [6, 6.07) is 6.69. The van der Waals surface area contributed by atoms with Gasteiger partial charge in [0.1, 0.15) is 12.1 Å². The van der Waals surface area contributed by atoms with E-state index in [0.717, 1.165) is 47.1 Å². The van der Waals surface area contributed by atoms with Crippen LogP contribution in [0.15, 0.2) is 41.6 Å². The van der Waals surface area contributed by atoms with Crippen LogP contribution in [0, 0.1) is 13.8 Å². The lowest BCUT2D eigenvalue weighted by atomic mass is 10.1.